The highest BCUT2D eigenvalue weighted by atomic mass is 16.6. The second-order valence-corrected chi connectivity index (χ2v) is 5.41. The molecule has 0 saturated carbocycles. The Morgan fingerprint density at radius 1 is 1.05 bits per heavy atom. The summed E-state index contributed by atoms with van der Waals surface area (Å²) in [5, 5.41) is 2.85. The van der Waals surface area contributed by atoms with Gasteiger partial charge in [-0.1, -0.05) is 0 Å². The molecular weight excluding hydrogens is 258 g/mol. The van der Waals surface area contributed by atoms with Gasteiger partial charge in [0.15, 0.2) is 0 Å². The third kappa shape index (κ3) is 5.40. The largest absolute Gasteiger partial charge is 0.460 e. The fourth-order valence-electron chi connectivity index (χ4n) is 1.47. The first-order valence-electron chi connectivity index (χ1n) is 6.42. The van der Waals surface area contributed by atoms with Crippen LogP contribution in [0.1, 0.15) is 41.5 Å². The predicted octanol–water partition coefficient (Wildman–Crippen LogP) is 2.02. The Kier molecular flexibility index (Phi) is 5.70. The second kappa shape index (κ2) is 7.05. The summed E-state index contributed by atoms with van der Waals surface area (Å²) < 4.78 is 9.78. The van der Waals surface area contributed by atoms with Crippen LogP contribution >= 0.6 is 0 Å². The molecule has 0 aliphatic carbocycles. The molecule has 0 aliphatic heterocycles. The van der Waals surface area contributed by atoms with Crippen LogP contribution in [-0.4, -0.2) is 37.7 Å². The molecule has 0 radical (unpaired) electrons. The van der Waals surface area contributed by atoms with E-state index < -0.39 is 5.97 Å². The van der Waals surface area contributed by atoms with E-state index in [0.717, 1.165) is 0 Å². The predicted molar refractivity (Wildman–Crippen MR) is 75.8 cm³/mol. The highest BCUT2D eigenvalue weighted by Gasteiger charge is 2.15. The van der Waals surface area contributed by atoms with Gasteiger partial charge in [-0.25, -0.2) is 4.79 Å². The van der Waals surface area contributed by atoms with Gasteiger partial charge in [-0.15, -0.1) is 0 Å². The van der Waals surface area contributed by atoms with Gasteiger partial charge in [0.1, 0.15) is 6.61 Å². The zero-order chi connectivity index (χ0) is 15.2. The van der Waals surface area contributed by atoms with E-state index in [2.05, 4.69) is 5.32 Å². The van der Waals surface area contributed by atoms with Gasteiger partial charge in [-0.2, -0.15) is 0 Å². The maximum atomic E-state index is 11.9. The first-order valence-corrected chi connectivity index (χ1v) is 6.42. The zero-order valence-electron chi connectivity index (χ0n) is 12.4. The van der Waals surface area contributed by atoms with E-state index in [-0.39, 0.29) is 18.1 Å². The molecule has 0 unspecified atom stereocenters. The van der Waals surface area contributed by atoms with Gasteiger partial charge in [0.2, 0.25) is 0 Å². The van der Waals surface area contributed by atoms with E-state index in [1.165, 1.54) is 7.11 Å². The third-order valence-electron chi connectivity index (χ3n) is 2.39. The summed E-state index contributed by atoms with van der Waals surface area (Å²) in [6.07, 6.45) is 0. The zero-order valence-corrected chi connectivity index (χ0v) is 12.4. The number of carbonyl (C=O) groups excluding carboxylic acids is 2. The summed E-state index contributed by atoms with van der Waals surface area (Å²) in [6.45, 7) is 6.30. The van der Waals surface area contributed by atoms with Gasteiger partial charge in [-0.05, 0) is 45.0 Å². The van der Waals surface area contributed by atoms with Crippen molar-refractivity contribution in [2.24, 2.45) is 0 Å². The molecule has 1 aromatic carbocycles. The standard InChI is InChI=1S/C15H21NO4/c1-15(2,3)16-13(17)11-5-7-12(8-6-11)14(18)20-10-9-19-4/h5-8H,9-10H2,1-4H3,(H,16,17). The molecule has 1 N–H and O–H groups in total. The van der Waals surface area contributed by atoms with Crippen molar-refractivity contribution in [1.82, 2.24) is 5.32 Å². The fraction of sp³-hybridized carbons (Fsp3) is 0.467. The summed E-state index contributed by atoms with van der Waals surface area (Å²) in [5.74, 6) is -0.596. The van der Waals surface area contributed by atoms with Gasteiger partial charge in [0, 0.05) is 18.2 Å². The molecule has 5 heteroatoms. The minimum Gasteiger partial charge on any atom is -0.460 e. The Morgan fingerprint density at radius 3 is 2.10 bits per heavy atom. The summed E-state index contributed by atoms with van der Waals surface area (Å²) in [5.41, 5.74) is 0.622. The molecule has 0 saturated heterocycles. The average Bonchev–Trinajstić information content (AvgIpc) is 2.37. The van der Waals surface area contributed by atoms with Gasteiger partial charge >= 0.3 is 5.97 Å². The first kappa shape index (κ1) is 16.2. The summed E-state index contributed by atoms with van der Waals surface area (Å²) in [4.78, 5) is 23.6. The molecule has 1 amide bonds. The molecule has 0 aromatic heterocycles. The molecule has 1 rings (SSSR count). The Hall–Kier alpha value is -1.88. The maximum absolute atomic E-state index is 11.9. The van der Waals surface area contributed by atoms with Crippen LogP contribution in [0.4, 0.5) is 0 Å². The number of hydrogen-bond acceptors (Lipinski definition) is 4. The van der Waals surface area contributed by atoms with E-state index in [1.807, 2.05) is 20.8 Å². The molecule has 20 heavy (non-hydrogen) atoms. The summed E-state index contributed by atoms with van der Waals surface area (Å²) >= 11 is 0. The Morgan fingerprint density at radius 2 is 1.60 bits per heavy atom. The van der Waals surface area contributed by atoms with Crippen molar-refractivity contribution in [3.05, 3.63) is 35.4 Å². The lowest BCUT2D eigenvalue weighted by Gasteiger charge is -2.20. The lowest BCUT2D eigenvalue weighted by Crippen LogP contribution is -2.40. The van der Waals surface area contributed by atoms with E-state index in [4.69, 9.17) is 9.47 Å². The number of benzene rings is 1. The third-order valence-corrected chi connectivity index (χ3v) is 2.39. The van der Waals surface area contributed by atoms with Crippen molar-refractivity contribution in [2.45, 2.75) is 26.3 Å². The molecule has 5 nitrogen and oxygen atoms in total. The number of rotatable bonds is 5. The minimum absolute atomic E-state index is 0.170. The van der Waals surface area contributed by atoms with Crippen LogP contribution in [0.2, 0.25) is 0 Å². The molecule has 0 fully saturated rings. The van der Waals surface area contributed by atoms with Gasteiger partial charge in [-0.3, -0.25) is 4.79 Å². The van der Waals surface area contributed by atoms with E-state index in [1.54, 1.807) is 24.3 Å². The van der Waals surface area contributed by atoms with Crippen molar-refractivity contribution in [1.29, 1.82) is 0 Å². The van der Waals surface area contributed by atoms with Gasteiger partial charge < -0.3 is 14.8 Å². The monoisotopic (exact) mass is 279 g/mol. The molecule has 0 aliphatic rings. The van der Waals surface area contributed by atoms with Crippen LogP contribution in [0.15, 0.2) is 24.3 Å². The molecule has 0 bridgehead atoms. The van der Waals surface area contributed by atoms with Crippen LogP contribution in [0, 0.1) is 0 Å². The lowest BCUT2D eigenvalue weighted by molar-refractivity contribution is 0.0388. The molecule has 0 atom stereocenters. The van der Waals surface area contributed by atoms with Crippen LogP contribution in [0.5, 0.6) is 0 Å². The van der Waals surface area contributed by atoms with Crippen molar-refractivity contribution >= 4 is 11.9 Å². The van der Waals surface area contributed by atoms with Gasteiger partial charge in [0.05, 0.1) is 12.2 Å². The average molecular weight is 279 g/mol. The number of nitrogens with one attached hydrogen (secondary N) is 1. The number of methoxy groups -OCH3 is 1. The van der Waals surface area contributed by atoms with E-state index >= 15 is 0 Å². The van der Waals surface area contributed by atoms with Crippen molar-refractivity contribution in [2.75, 3.05) is 20.3 Å². The Labute approximate surface area is 119 Å². The molecule has 0 heterocycles. The van der Waals surface area contributed by atoms with Gasteiger partial charge in [0.25, 0.3) is 5.91 Å². The quantitative estimate of drug-likeness (QED) is 0.661. The van der Waals surface area contributed by atoms with Crippen LogP contribution in [-0.2, 0) is 9.47 Å². The highest BCUT2D eigenvalue weighted by Crippen LogP contribution is 2.08. The normalized spacial score (nSPS) is 11.0. The van der Waals surface area contributed by atoms with Crippen LogP contribution in [0.25, 0.3) is 0 Å². The van der Waals surface area contributed by atoms with Crippen LogP contribution in [0.3, 0.4) is 0 Å². The summed E-state index contributed by atoms with van der Waals surface area (Å²) in [7, 11) is 1.54. The van der Waals surface area contributed by atoms with Crippen molar-refractivity contribution < 1.29 is 19.1 Å². The van der Waals surface area contributed by atoms with Crippen LogP contribution < -0.4 is 5.32 Å². The number of amides is 1. The number of ether oxygens (including phenoxy) is 2. The number of carbonyl (C=O) groups is 2. The molecule has 110 valence electrons. The second-order valence-electron chi connectivity index (χ2n) is 5.41. The minimum atomic E-state index is -0.426. The molecule has 0 spiro atoms. The van der Waals surface area contributed by atoms with Crippen molar-refractivity contribution in [3.63, 3.8) is 0 Å². The highest BCUT2D eigenvalue weighted by molar-refractivity contribution is 5.96. The Balaban J connectivity index is 2.64. The molecular formula is C15H21NO4. The van der Waals surface area contributed by atoms with E-state index in [9.17, 15) is 9.59 Å². The fourth-order valence-corrected chi connectivity index (χ4v) is 1.47. The maximum Gasteiger partial charge on any atom is 0.338 e. The first-order chi connectivity index (χ1) is 9.33. The summed E-state index contributed by atoms with van der Waals surface area (Å²) in [6, 6.07) is 6.36. The lowest BCUT2D eigenvalue weighted by atomic mass is 10.1. The Bertz CT molecular complexity index is 460. The smallest absolute Gasteiger partial charge is 0.338 e. The SMILES string of the molecule is COCCOC(=O)c1ccc(C(=O)NC(C)(C)C)cc1. The molecule has 1 aromatic rings. The number of hydrogen-bond donors (Lipinski definition) is 1. The van der Waals surface area contributed by atoms with Crippen molar-refractivity contribution in [3.8, 4) is 0 Å². The van der Waals surface area contributed by atoms with E-state index in [0.29, 0.717) is 17.7 Å². The number of esters is 1. The topological polar surface area (TPSA) is 64.6 Å².